The van der Waals surface area contributed by atoms with Gasteiger partial charge in [0.1, 0.15) is 11.2 Å². The maximum Gasteiger partial charge on any atom is 0.410 e. The number of para-hydroxylation sites is 1. The Kier molecular flexibility index (Phi) is 3.76. The summed E-state index contributed by atoms with van der Waals surface area (Å²) >= 11 is 0. The Morgan fingerprint density at radius 1 is 1.26 bits per heavy atom. The SMILES string of the molecule is CC(C)(C)OC(=O)N1CC(O)(Cc2ccc3ccccc3n2)C1. The molecule has 5 heteroatoms. The summed E-state index contributed by atoms with van der Waals surface area (Å²) in [7, 11) is 0. The number of nitrogens with zero attached hydrogens (tertiary/aromatic N) is 2. The number of aromatic nitrogens is 1. The predicted molar refractivity (Wildman–Crippen MR) is 88.2 cm³/mol. The van der Waals surface area contributed by atoms with Gasteiger partial charge < -0.3 is 14.7 Å². The lowest BCUT2D eigenvalue weighted by Gasteiger charge is -2.46. The van der Waals surface area contributed by atoms with E-state index in [0.29, 0.717) is 6.42 Å². The van der Waals surface area contributed by atoms with E-state index in [9.17, 15) is 9.90 Å². The number of hydrogen-bond donors (Lipinski definition) is 1. The fourth-order valence-corrected chi connectivity index (χ4v) is 2.78. The number of carbonyl (C=O) groups excluding carboxylic acids is 1. The van der Waals surface area contributed by atoms with Gasteiger partial charge in [0.15, 0.2) is 0 Å². The maximum atomic E-state index is 11.9. The molecular weight excluding hydrogens is 292 g/mol. The van der Waals surface area contributed by atoms with Crippen LogP contribution in [0.3, 0.4) is 0 Å². The fraction of sp³-hybridized carbons (Fsp3) is 0.444. The van der Waals surface area contributed by atoms with Gasteiger partial charge in [0.2, 0.25) is 0 Å². The summed E-state index contributed by atoms with van der Waals surface area (Å²) in [5.74, 6) is 0. The van der Waals surface area contributed by atoms with E-state index in [1.165, 1.54) is 4.90 Å². The third-order valence-electron chi connectivity index (χ3n) is 3.79. The van der Waals surface area contributed by atoms with E-state index < -0.39 is 11.2 Å². The fourth-order valence-electron chi connectivity index (χ4n) is 2.78. The Labute approximate surface area is 135 Å². The lowest BCUT2D eigenvalue weighted by Crippen LogP contribution is -2.65. The molecule has 0 unspecified atom stereocenters. The summed E-state index contributed by atoms with van der Waals surface area (Å²) in [6.07, 6.45) is 0.0468. The molecule has 122 valence electrons. The second kappa shape index (κ2) is 5.49. The van der Waals surface area contributed by atoms with Gasteiger partial charge in [-0.3, -0.25) is 4.98 Å². The molecule has 0 bridgehead atoms. The van der Waals surface area contributed by atoms with Crippen LogP contribution in [0.25, 0.3) is 10.9 Å². The van der Waals surface area contributed by atoms with Gasteiger partial charge in [-0.1, -0.05) is 24.3 Å². The number of fused-ring (bicyclic) bond motifs is 1. The molecule has 3 rings (SSSR count). The van der Waals surface area contributed by atoms with Crippen LogP contribution in [-0.4, -0.2) is 45.4 Å². The summed E-state index contributed by atoms with van der Waals surface area (Å²) in [6.45, 7) is 6.04. The van der Waals surface area contributed by atoms with Gasteiger partial charge in [0.05, 0.1) is 18.6 Å². The summed E-state index contributed by atoms with van der Waals surface area (Å²) < 4.78 is 5.30. The van der Waals surface area contributed by atoms with E-state index in [1.54, 1.807) is 0 Å². The molecule has 23 heavy (non-hydrogen) atoms. The van der Waals surface area contributed by atoms with E-state index in [0.717, 1.165) is 16.6 Å². The topological polar surface area (TPSA) is 62.7 Å². The Hall–Kier alpha value is -2.14. The number of benzene rings is 1. The number of pyridine rings is 1. The summed E-state index contributed by atoms with van der Waals surface area (Å²) in [4.78, 5) is 18.0. The normalized spacial score (nSPS) is 17.0. The second-order valence-corrected chi connectivity index (χ2v) is 7.23. The molecule has 0 radical (unpaired) electrons. The quantitative estimate of drug-likeness (QED) is 0.926. The molecule has 1 aromatic carbocycles. The Morgan fingerprint density at radius 3 is 2.65 bits per heavy atom. The lowest BCUT2D eigenvalue weighted by molar-refractivity contribution is -0.0977. The van der Waals surface area contributed by atoms with Crippen LogP contribution in [0.15, 0.2) is 36.4 Å². The smallest absolute Gasteiger partial charge is 0.410 e. The number of amides is 1. The van der Waals surface area contributed by atoms with Gasteiger partial charge in [0.25, 0.3) is 0 Å². The van der Waals surface area contributed by atoms with Crippen molar-refractivity contribution in [2.75, 3.05) is 13.1 Å². The minimum absolute atomic E-state index is 0.274. The molecule has 5 nitrogen and oxygen atoms in total. The standard InChI is InChI=1S/C18H22N2O3/c1-17(2,3)23-16(21)20-11-18(22,12-20)10-14-9-8-13-6-4-5-7-15(13)19-14/h4-9,22H,10-12H2,1-3H3. The molecule has 1 fully saturated rings. The van der Waals surface area contributed by atoms with Crippen molar-refractivity contribution in [3.05, 3.63) is 42.1 Å². The number of β-amino-alcohol motifs (C(OH)–C–C–N with tert-alkyl or cyclic N) is 1. The average molecular weight is 314 g/mol. The van der Waals surface area contributed by atoms with E-state index >= 15 is 0 Å². The molecule has 1 N–H and O–H groups in total. The van der Waals surface area contributed by atoms with Gasteiger partial charge in [0, 0.05) is 17.5 Å². The van der Waals surface area contributed by atoms with E-state index in [2.05, 4.69) is 4.98 Å². The summed E-state index contributed by atoms with van der Waals surface area (Å²) in [5, 5.41) is 11.6. The van der Waals surface area contributed by atoms with E-state index in [4.69, 9.17) is 4.74 Å². The number of rotatable bonds is 2. The van der Waals surface area contributed by atoms with Crippen LogP contribution in [-0.2, 0) is 11.2 Å². The first-order valence-corrected chi connectivity index (χ1v) is 7.79. The predicted octanol–water partition coefficient (Wildman–Crippen LogP) is 2.76. The van der Waals surface area contributed by atoms with Crippen LogP contribution >= 0.6 is 0 Å². The van der Waals surface area contributed by atoms with Crippen LogP contribution in [0.4, 0.5) is 4.79 Å². The molecule has 0 atom stereocenters. The molecule has 1 amide bonds. The number of hydrogen-bond acceptors (Lipinski definition) is 4. The Morgan fingerprint density at radius 2 is 1.96 bits per heavy atom. The summed E-state index contributed by atoms with van der Waals surface area (Å²) in [5.41, 5.74) is 0.295. The molecule has 0 aliphatic carbocycles. The van der Waals surface area contributed by atoms with Crippen molar-refractivity contribution in [3.63, 3.8) is 0 Å². The van der Waals surface area contributed by atoms with Gasteiger partial charge in [-0.05, 0) is 32.9 Å². The largest absolute Gasteiger partial charge is 0.444 e. The average Bonchev–Trinajstić information content (AvgIpc) is 2.42. The van der Waals surface area contributed by atoms with Crippen molar-refractivity contribution < 1.29 is 14.6 Å². The highest BCUT2D eigenvalue weighted by Gasteiger charge is 2.45. The van der Waals surface area contributed by atoms with Gasteiger partial charge in [-0.25, -0.2) is 4.79 Å². The monoisotopic (exact) mass is 314 g/mol. The van der Waals surface area contributed by atoms with E-state index in [-0.39, 0.29) is 19.2 Å². The van der Waals surface area contributed by atoms with Crippen molar-refractivity contribution in [1.82, 2.24) is 9.88 Å². The molecule has 1 aromatic heterocycles. The highest BCUT2D eigenvalue weighted by molar-refractivity contribution is 5.78. The highest BCUT2D eigenvalue weighted by Crippen LogP contribution is 2.27. The van der Waals surface area contributed by atoms with Crippen LogP contribution in [0.2, 0.25) is 0 Å². The first-order valence-electron chi connectivity index (χ1n) is 7.79. The van der Waals surface area contributed by atoms with Crippen molar-refractivity contribution in [1.29, 1.82) is 0 Å². The number of aliphatic hydroxyl groups is 1. The van der Waals surface area contributed by atoms with Gasteiger partial charge >= 0.3 is 6.09 Å². The molecular formula is C18H22N2O3. The molecule has 1 aliphatic rings. The molecule has 2 heterocycles. The minimum atomic E-state index is -0.924. The van der Waals surface area contributed by atoms with Crippen molar-refractivity contribution in [3.8, 4) is 0 Å². The zero-order chi connectivity index (χ0) is 16.7. The number of ether oxygens (including phenoxy) is 1. The van der Waals surface area contributed by atoms with Crippen LogP contribution < -0.4 is 0 Å². The van der Waals surface area contributed by atoms with Crippen molar-refractivity contribution in [2.45, 2.75) is 38.4 Å². The minimum Gasteiger partial charge on any atom is -0.444 e. The number of carbonyl (C=O) groups is 1. The Balaban J connectivity index is 1.63. The van der Waals surface area contributed by atoms with Crippen LogP contribution in [0.1, 0.15) is 26.5 Å². The zero-order valence-corrected chi connectivity index (χ0v) is 13.7. The van der Waals surface area contributed by atoms with Gasteiger partial charge in [-0.15, -0.1) is 0 Å². The second-order valence-electron chi connectivity index (χ2n) is 7.23. The third kappa shape index (κ3) is 3.62. The van der Waals surface area contributed by atoms with Crippen molar-refractivity contribution >= 4 is 17.0 Å². The van der Waals surface area contributed by atoms with Crippen LogP contribution in [0.5, 0.6) is 0 Å². The molecule has 1 saturated heterocycles. The zero-order valence-electron chi connectivity index (χ0n) is 13.7. The summed E-state index contributed by atoms with van der Waals surface area (Å²) in [6, 6.07) is 11.8. The van der Waals surface area contributed by atoms with Crippen molar-refractivity contribution in [2.24, 2.45) is 0 Å². The first kappa shape index (κ1) is 15.7. The number of likely N-dealkylation sites (tertiary alicyclic amines) is 1. The molecule has 0 spiro atoms. The van der Waals surface area contributed by atoms with E-state index in [1.807, 2.05) is 57.2 Å². The first-order chi connectivity index (χ1) is 10.7. The highest BCUT2D eigenvalue weighted by atomic mass is 16.6. The van der Waals surface area contributed by atoms with Gasteiger partial charge in [-0.2, -0.15) is 0 Å². The lowest BCUT2D eigenvalue weighted by atomic mass is 9.89. The molecule has 1 aliphatic heterocycles. The third-order valence-corrected chi connectivity index (χ3v) is 3.79. The Bertz CT molecular complexity index is 730. The maximum absolute atomic E-state index is 11.9. The molecule has 2 aromatic rings. The molecule has 0 saturated carbocycles. The van der Waals surface area contributed by atoms with Crippen LogP contribution in [0, 0.1) is 0 Å².